The highest BCUT2D eigenvalue weighted by molar-refractivity contribution is 5.72. The molecule has 6 heteroatoms. The molecule has 5 aliphatic rings. The van der Waals surface area contributed by atoms with Crippen LogP contribution in [0.4, 0.5) is 0 Å². The summed E-state index contributed by atoms with van der Waals surface area (Å²) in [7, 11) is 0. The van der Waals surface area contributed by atoms with Gasteiger partial charge in [0.1, 0.15) is 6.10 Å². The molecule has 0 radical (unpaired) electrons. The summed E-state index contributed by atoms with van der Waals surface area (Å²) in [5.41, 5.74) is 2.07. The molecule has 1 heterocycles. The van der Waals surface area contributed by atoms with E-state index >= 15 is 0 Å². The standard InChI is InChI=1S/C33H53NO5/c1-8-37-33(16-11-20(2)19-34-22(4)35)21(3)30-29(39-33)18-28-26-10-9-24-17-25(38-23(5)36)12-14-31(24,6)27(26)13-15-32(28,30)7/h9,20-21,25-30H,8,10-19H2,1-7H3,(H,34,35). The first-order chi connectivity index (χ1) is 18.4. The molecule has 3 saturated carbocycles. The van der Waals surface area contributed by atoms with Crippen LogP contribution in [0.5, 0.6) is 0 Å². The summed E-state index contributed by atoms with van der Waals surface area (Å²) in [6.07, 6.45) is 12.6. The van der Waals surface area contributed by atoms with Crippen molar-refractivity contribution in [1.29, 1.82) is 0 Å². The fraction of sp³-hybridized carbons (Fsp3) is 0.879. The molecule has 0 aromatic rings. The van der Waals surface area contributed by atoms with Gasteiger partial charge in [-0.15, -0.1) is 0 Å². The van der Waals surface area contributed by atoms with Gasteiger partial charge in [0.2, 0.25) is 5.91 Å². The van der Waals surface area contributed by atoms with Gasteiger partial charge >= 0.3 is 5.97 Å². The molecule has 1 saturated heterocycles. The van der Waals surface area contributed by atoms with Gasteiger partial charge in [-0.2, -0.15) is 0 Å². The summed E-state index contributed by atoms with van der Waals surface area (Å²) >= 11 is 0. The Hall–Kier alpha value is -1.40. The van der Waals surface area contributed by atoms with Crippen molar-refractivity contribution in [1.82, 2.24) is 5.32 Å². The molecule has 1 amide bonds. The van der Waals surface area contributed by atoms with Crippen molar-refractivity contribution in [3.05, 3.63) is 11.6 Å². The first-order valence-electron chi connectivity index (χ1n) is 15.9. The summed E-state index contributed by atoms with van der Waals surface area (Å²) in [6, 6.07) is 0. The molecule has 4 fully saturated rings. The molecule has 1 aliphatic heterocycles. The smallest absolute Gasteiger partial charge is 0.302 e. The monoisotopic (exact) mass is 543 g/mol. The molecule has 6 nitrogen and oxygen atoms in total. The van der Waals surface area contributed by atoms with Crippen LogP contribution >= 0.6 is 0 Å². The lowest BCUT2D eigenvalue weighted by molar-refractivity contribution is -0.250. The van der Waals surface area contributed by atoms with Crippen LogP contribution in [0, 0.1) is 46.3 Å². The van der Waals surface area contributed by atoms with Crippen molar-refractivity contribution in [3.63, 3.8) is 0 Å². The molecule has 5 rings (SSSR count). The Balaban J connectivity index is 1.31. The van der Waals surface area contributed by atoms with E-state index < -0.39 is 5.79 Å². The first kappa shape index (κ1) is 29.1. The number of allylic oxidation sites excluding steroid dienone is 1. The van der Waals surface area contributed by atoms with Gasteiger partial charge in [0.15, 0.2) is 5.79 Å². The molecule has 0 spiro atoms. The Kier molecular flexibility index (Phi) is 8.04. The van der Waals surface area contributed by atoms with E-state index in [0.29, 0.717) is 48.7 Å². The average molecular weight is 544 g/mol. The summed E-state index contributed by atoms with van der Waals surface area (Å²) in [5, 5.41) is 2.97. The van der Waals surface area contributed by atoms with Crippen LogP contribution in [0.3, 0.4) is 0 Å². The fourth-order valence-electron chi connectivity index (χ4n) is 10.3. The lowest BCUT2D eigenvalue weighted by Gasteiger charge is -2.58. The second-order valence-corrected chi connectivity index (χ2v) is 14.3. The first-order valence-corrected chi connectivity index (χ1v) is 15.9. The highest BCUT2D eigenvalue weighted by Crippen LogP contribution is 2.70. The lowest BCUT2D eigenvalue weighted by atomic mass is 9.47. The predicted octanol–water partition coefficient (Wildman–Crippen LogP) is 6.43. The normalized spacial score (nSPS) is 45.3. The molecular formula is C33H53NO5. The minimum atomic E-state index is -0.514. The Labute approximate surface area is 236 Å². The van der Waals surface area contributed by atoms with Gasteiger partial charge in [-0.25, -0.2) is 0 Å². The number of amides is 1. The molecule has 0 aromatic heterocycles. The number of carbonyl (C=O) groups is 2. The third kappa shape index (κ3) is 5.00. The minimum absolute atomic E-state index is 0.0342. The Morgan fingerprint density at radius 1 is 1.18 bits per heavy atom. The van der Waals surface area contributed by atoms with Crippen LogP contribution in [0.15, 0.2) is 11.6 Å². The van der Waals surface area contributed by atoms with Crippen LogP contribution < -0.4 is 5.32 Å². The van der Waals surface area contributed by atoms with Crippen LogP contribution in [0.1, 0.15) is 106 Å². The average Bonchev–Trinajstić information content (AvgIpc) is 3.32. The third-order valence-corrected chi connectivity index (χ3v) is 12.1. The van der Waals surface area contributed by atoms with E-state index in [1.165, 1.54) is 19.8 Å². The molecule has 11 unspecified atom stereocenters. The third-order valence-electron chi connectivity index (χ3n) is 12.1. The van der Waals surface area contributed by atoms with Gasteiger partial charge in [0, 0.05) is 45.8 Å². The maximum absolute atomic E-state index is 11.6. The summed E-state index contributed by atoms with van der Waals surface area (Å²) in [4.78, 5) is 23.0. The van der Waals surface area contributed by atoms with Gasteiger partial charge in [-0.3, -0.25) is 9.59 Å². The molecule has 1 N–H and O–H groups in total. The summed E-state index contributed by atoms with van der Waals surface area (Å²) < 4.78 is 19.2. The number of hydrogen-bond donors (Lipinski definition) is 1. The number of esters is 1. The van der Waals surface area contributed by atoms with Crippen molar-refractivity contribution >= 4 is 11.9 Å². The quantitative estimate of drug-likeness (QED) is 0.282. The zero-order chi connectivity index (χ0) is 28.2. The molecule has 4 aliphatic carbocycles. The zero-order valence-corrected chi connectivity index (χ0v) is 25.5. The molecular weight excluding hydrogens is 490 g/mol. The van der Waals surface area contributed by atoms with Crippen molar-refractivity contribution in [2.75, 3.05) is 13.2 Å². The number of hydrogen-bond acceptors (Lipinski definition) is 5. The van der Waals surface area contributed by atoms with Crippen molar-refractivity contribution in [3.8, 4) is 0 Å². The van der Waals surface area contributed by atoms with Crippen LogP contribution in [-0.4, -0.2) is 43.0 Å². The SMILES string of the molecule is CCOC1(CCC(C)CNC(C)=O)OC2CC3C4CC=C5CC(OC(C)=O)CCC5(C)C4CCC3(C)C2C1C. The highest BCUT2D eigenvalue weighted by atomic mass is 16.7. The number of rotatable bonds is 8. The van der Waals surface area contributed by atoms with E-state index in [0.717, 1.165) is 44.9 Å². The summed E-state index contributed by atoms with van der Waals surface area (Å²) in [6.45, 7) is 16.3. The van der Waals surface area contributed by atoms with E-state index in [4.69, 9.17) is 14.2 Å². The second-order valence-electron chi connectivity index (χ2n) is 14.3. The number of fused-ring (bicyclic) bond motifs is 7. The van der Waals surface area contributed by atoms with E-state index in [2.05, 4.69) is 46.0 Å². The van der Waals surface area contributed by atoms with Gasteiger partial charge in [-0.1, -0.05) is 39.3 Å². The molecule has 39 heavy (non-hydrogen) atoms. The van der Waals surface area contributed by atoms with E-state index in [1.54, 1.807) is 12.5 Å². The van der Waals surface area contributed by atoms with Gasteiger partial charge < -0.3 is 19.5 Å². The summed E-state index contributed by atoms with van der Waals surface area (Å²) in [5.74, 6) is 2.76. The van der Waals surface area contributed by atoms with E-state index in [1.807, 2.05) is 0 Å². The van der Waals surface area contributed by atoms with E-state index in [9.17, 15) is 9.59 Å². The maximum Gasteiger partial charge on any atom is 0.302 e. The number of nitrogens with one attached hydrogen (secondary N) is 1. The molecule has 0 aromatic carbocycles. The largest absolute Gasteiger partial charge is 0.462 e. The minimum Gasteiger partial charge on any atom is -0.462 e. The van der Waals surface area contributed by atoms with Gasteiger partial charge in [-0.05, 0) is 92.3 Å². The fourth-order valence-corrected chi connectivity index (χ4v) is 10.3. The molecule has 0 bridgehead atoms. The Morgan fingerprint density at radius 3 is 2.64 bits per heavy atom. The van der Waals surface area contributed by atoms with Crippen LogP contribution in [0.25, 0.3) is 0 Å². The van der Waals surface area contributed by atoms with Crippen molar-refractivity contribution in [2.45, 2.75) is 124 Å². The van der Waals surface area contributed by atoms with Crippen LogP contribution in [0.2, 0.25) is 0 Å². The van der Waals surface area contributed by atoms with E-state index in [-0.39, 0.29) is 34.9 Å². The Bertz CT molecular complexity index is 979. The number of carbonyl (C=O) groups excluding carboxylic acids is 2. The predicted molar refractivity (Wildman–Crippen MR) is 152 cm³/mol. The van der Waals surface area contributed by atoms with Crippen molar-refractivity contribution in [2.24, 2.45) is 46.3 Å². The van der Waals surface area contributed by atoms with Gasteiger partial charge in [0.25, 0.3) is 0 Å². The Morgan fingerprint density at radius 2 is 1.95 bits per heavy atom. The molecule has 11 atom stereocenters. The van der Waals surface area contributed by atoms with Crippen LogP contribution in [-0.2, 0) is 23.8 Å². The number of ether oxygens (including phenoxy) is 3. The van der Waals surface area contributed by atoms with Gasteiger partial charge in [0.05, 0.1) is 6.10 Å². The zero-order valence-electron chi connectivity index (χ0n) is 25.5. The second kappa shape index (κ2) is 10.8. The highest BCUT2D eigenvalue weighted by Gasteiger charge is 2.68. The van der Waals surface area contributed by atoms with Crippen molar-refractivity contribution < 1.29 is 23.8 Å². The molecule has 220 valence electrons. The maximum atomic E-state index is 11.6. The topological polar surface area (TPSA) is 73.9 Å². The lowest BCUT2D eigenvalue weighted by Crippen LogP contribution is -2.52.